The molecule has 0 aromatic carbocycles. The maximum atomic E-state index is 13.0. The Bertz CT molecular complexity index is 897. The number of carbonyl (C=O) groups excluding carboxylic acids is 2. The van der Waals surface area contributed by atoms with Crippen LogP contribution in [0.4, 0.5) is 0 Å². The van der Waals surface area contributed by atoms with Crippen molar-refractivity contribution in [1.82, 2.24) is 29.5 Å². The maximum absolute atomic E-state index is 13.0. The molecule has 1 N–H and O–H groups in total. The number of imidazole rings is 1. The lowest BCUT2D eigenvalue weighted by Gasteiger charge is -2.40. The second kappa shape index (κ2) is 7.05. The van der Waals surface area contributed by atoms with Gasteiger partial charge in [-0.1, -0.05) is 0 Å². The number of hydrogen-bond acceptors (Lipinski definition) is 5. The van der Waals surface area contributed by atoms with E-state index in [1.165, 1.54) is 0 Å². The van der Waals surface area contributed by atoms with Gasteiger partial charge in [-0.3, -0.25) is 14.3 Å². The highest BCUT2D eigenvalue weighted by Crippen LogP contribution is 2.23. The van der Waals surface area contributed by atoms with E-state index in [-0.39, 0.29) is 11.8 Å². The minimum Gasteiger partial charge on any atom is -0.370 e. The molecular weight excluding hydrogens is 360 g/mol. The van der Waals surface area contributed by atoms with Gasteiger partial charge in [0.05, 0.1) is 42.6 Å². The number of carbonyl (C=O) groups is 2. The maximum Gasteiger partial charge on any atom is 0.269 e. The van der Waals surface area contributed by atoms with Crippen LogP contribution in [0.2, 0.25) is 0 Å². The lowest BCUT2D eigenvalue weighted by Crippen LogP contribution is -2.57. The van der Waals surface area contributed by atoms with Crippen molar-refractivity contribution in [3.8, 4) is 0 Å². The smallest absolute Gasteiger partial charge is 0.269 e. The molecule has 1 atom stereocenters. The molecule has 0 saturated carbocycles. The largest absolute Gasteiger partial charge is 0.370 e. The third-order valence-corrected chi connectivity index (χ3v) is 5.54. The number of morpholine rings is 1. The first-order valence-electron chi connectivity index (χ1n) is 9.62. The summed E-state index contributed by atoms with van der Waals surface area (Å²) in [5, 5.41) is 7.26. The molecule has 2 aromatic rings. The monoisotopic (exact) mass is 386 g/mol. The van der Waals surface area contributed by atoms with Crippen molar-refractivity contribution in [3.63, 3.8) is 0 Å². The molecular formula is C19H26N6O3. The molecule has 1 unspecified atom stereocenters. The highest BCUT2D eigenvalue weighted by molar-refractivity contribution is 5.95. The average molecular weight is 386 g/mol. The Kier molecular flexibility index (Phi) is 4.70. The zero-order chi connectivity index (χ0) is 19.9. The van der Waals surface area contributed by atoms with E-state index in [4.69, 9.17) is 4.74 Å². The number of fused-ring (bicyclic) bond motifs is 1. The van der Waals surface area contributed by atoms with Gasteiger partial charge in [0.15, 0.2) is 0 Å². The topological polar surface area (TPSA) is 94.3 Å². The van der Waals surface area contributed by atoms with E-state index >= 15 is 0 Å². The average Bonchev–Trinajstić information content (AvgIpc) is 3.36. The van der Waals surface area contributed by atoms with Crippen molar-refractivity contribution in [1.29, 1.82) is 0 Å². The highest BCUT2D eigenvalue weighted by Gasteiger charge is 2.36. The van der Waals surface area contributed by atoms with Gasteiger partial charge >= 0.3 is 0 Å². The van der Waals surface area contributed by atoms with Crippen LogP contribution in [0, 0.1) is 6.92 Å². The number of nitrogens with zero attached hydrogens (tertiary/aromatic N) is 5. The molecule has 2 aliphatic rings. The Morgan fingerprint density at radius 1 is 1.36 bits per heavy atom. The Morgan fingerprint density at radius 3 is 2.93 bits per heavy atom. The Balaban J connectivity index is 1.42. The van der Waals surface area contributed by atoms with Gasteiger partial charge in [0.25, 0.3) is 11.8 Å². The normalized spacial score (nSPS) is 21.6. The Labute approximate surface area is 163 Å². The number of ether oxygens (including phenoxy) is 1. The standard InChI is InChI=1S/C19H26N6O3/c1-13-16(23(3)12-21-13)17(26)20-10-19(2)11-24(7-8-28-19)18(27)14-9-22-25-6-4-5-15(14)25/h9,12H,4-8,10-11H2,1-3H3,(H,20,26). The Hall–Kier alpha value is -2.68. The molecule has 4 rings (SSSR count). The number of amides is 2. The molecule has 0 bridgehead atoms. The molecule has 2 amide bonds. The number of aromatic nitrogens is 4. The number of aryl methyl sites for hydroxylation is 3. The molecule has 2 aromatic heterocycles. The van der Waals surface area contributed by atoms with Gasteiger partial charge in [0.2, 0.25) is 0 Å². The van der Waals surface area contributed by atoms with Crippen LogP contribution >= 0.6 is 0 Å². The SMILES string of the molecule is Cc1ncn(C)c1C(=O)NCC1(C)CN(C(=O)c2cnn3c2CCC3)CCO1. The van der Waals surface area contributed by atoms with Crippen molar-refractivity contribution < 1.29 is 14.3 Å². The molecule has 0 radical (unpaired) electrons. The van der Waals surface area contributed by atoms with Gasteiger partial charge in [-0.05, 0) is 26.7 Å². The third kappa shape index (κ3) is 3.30. The minimum atomic E-state index is -0.646. The molecule has 1 saturated heterocycles. The van der Waals surface area contributed by atoms with E-state index in [1.54, 1.807) is 36.0 Å². The second-order valence-electron chi connectivity index (χ2n) is 7.83. The van der Waals surface area contributed by atoms with Gasteiger partial charge in [-0.25, -0.2) is 4.98 Å². The van der Waals surface area contributed by atoms with Crippen LogP contribution in [0.15, 0.2) is 12.5 Å². The molecule has 2 aliphatic heterocycles. The highest BCUT2D eigenvalue weighted by atomic mass is 16.5. The van der Waals surface area contributed by atoms with E-state index in [0.717, 1.165) is 25.1 Å². The third-order valence-electron chi connectivity index (χ3n) is 5.54. The first-order chi connectivity index (χ1) is 13.4. The van der Waals surface area contributed by atoms with E-state index < -0.39 is 5.60 Å². The molecule has 1 fully saturated rings. The zero-order valence-electron chi connectivity index (χ0n) is 16.6. The lowest BCUT2D eigenvalue weighted by atomic mass is 10.0. The van der Waals surface area contributed by atoms with Crippen molar-refractivity contribution in [2.75, 3.05) is 26.2 Å². The summed E-state index contributed by atoms with van der Waals surface area (Å²) in [6.45, 7) is 6.31. The van der Waals surface area contributed by atoms with Gasteiger partial charge < -0.3 is 19.5 Å². The second-order valence-corrected chi connectivity index (χ2v) is 7.83. The van der Waals surface area contributed by atoms with E-state index in [0.29, 0.717) is 43.2 Å². The summed E-state index contributed by atoms with van der Waals surface area (Å²) in [6.07, 6.45) is 5.22. The van der Waals surface area contributed by atoms with Crippen molar-refractivity contribution >= 4 is 11.8 Å². The Morgan fingerprint density at radius 2 is 2.18 bits per heavy atom. The summed E-state index contributed by atoms with van der Waals surface area (Å²) < 4.78 is 9.55. The minimum absolute atomic E-state index is 0.00789. The summed E-state index contributed by atoms with van der Waals surface area (Å²) in [5.41, 5.74) is 2.28. The van der Waals surface area contributed by atoms with Crippen LogP contribution in [0.5, 0.6) is 0 Å². The molecule has 9 nitrogen and oxygen atoms in total. The summed E-state index contributed by atoms with van der Waals surface area (Å²) in [7, 11) is 1.79. The summed E-state index contributed by atoms with van der Waals surface area (Å²) in [5.74, 6) is -0.202. The summed E-state index contributed by atoms with van der Waals surface area (Å²) in [4.78, 5) is 31.5. The van der Waals surface area contributed by atoms with Crippen LogP contribution < -0.4 is 5.32 Å². The van der Waals surface area contributed by atoms with Crippen LogP contribution in [0.25, 0.3) is 0 Å². The fourth-order valence-corrected chi connectivity index (χ4v) is 4.05. The molecule has 28 heavy (non-hydrogen) atoms. The molecule has 0 aliphatic carbocycles. The predicted molar refractivity (Wildman–Crippen MR) is 101 cm³/mol. The van der Waals surface area contributed by atoms with Gasteiger partial charge in [0.1, 0.15) is 11.3 Å². The zero-order valence-corrected chi connectivity index (χ0v) is 16.6. The summed E-state index contributed by atoms with van der Waals surface area (Å²) in [6, 6.07) is 0. The van der Waals surface area contributed by atoms with Crippen molar-refractivity contribution in [2.45, 2.75) is 38.8 Å². The van der Waals surface area contributed by atoms with E-state index in [9.17, 15) is 9.59 Å². The van der Waals surface area contributed by atoms with Gasteiger partial charge in [-0.15, -0.1) is 0 Å². The fourth-order valence-electron chi connectivity index (χ4n) is 4.05. The quantitative estimate of drug-likeness (QED) is 0.827. The van der Waals surface area contributed by atoms with Gasteiger partial charge in [-0.2, -0.15) is 5.10 Å². The van der Waals surface area contributed by atoms with Crippen LogP contribution in [-0.2, 0) is 24.8 Å². The number of rotatable bonds is 4. The first-order valence-corrected chi connectivity index (χ1v) is 9.62. The molecule has 150 valence electrons. The lowest BCUT2D eigenvalue weighted by molar-refractivity contribution is -0.0851. The van der Waals surface area contributed by atoms with E-state index in [2.05, 4.69) is 15.4 Å². The first kappa shape index (κ1) is 18.7. The molecule has 9 heteroatoms. The van der Waals surface area contributed by atoms with Crippen molar-refractivity contribution in [2.24, 2.45) is 7.05 Å². The van der Waals surface area contributed by atoms with Gasteiger partial charge in [0, 0.05) is 26.7 Å². The van der Waals surface area contributed by atoms with Crippen LogP contribution in [0.1, 0.15) is 45.6 Å². The van der Waals surface area contributed by atoms with Crippen LogP contribution in [0.3, 0.4) is 0 Å². The fraction of sp³-hybridized carbons (Fsp3) is 0.579. The van der Waals surface area contributed by atoms with Crippen molar-refractivity contribution in [3.05, 3.63) is 35.2 Å². The van der Waals surface area contributed by atoms with Crippen LogP contribution in [-0.4, -0.2) is 67.9 Å². The molecule has 0 spiro atoms. The summed E-state index contributed by atoms with van der Waals surface area (Å²) >= 11 is 0. The molecule has 4 heterocycles. The van der Waals surface area contributed by atoms with E-state index in [1.807, 2.05) is 11.6 Å². The number of nitrogens with one attached hydrogen (secondary N) is 1. The predicted octanol–water partition coefficient (Wildman–Crippen LogP) is 0.532. The number of hydrogen-bond donors (Lipinski definition) is 1.